The Kier molecular flexibility index (Phi) is 3.84. The molecular formula is C14H17N3O4. The van der Waals surface area contributed by atoms with E-state index in [1.165, 1.54) is 19.4 Å². The van der Waals surface area contributed by atoms with Gasteiger partial charge in [0.15, 0.2) is 11.5 Å². The molecule has 1 aliphatic rings. The molecule has 1 heterocycles. The van der Waals surface area contributed by atoms with E-state index in [4.69, 9.17) is 4.74 Å². The zero-order valence-corrected chi connectivity index (χ0v) is 12.1. The van der Waals surface area contributed by atoms with Crippen molar-refractivity contribution >= 4 is 18.2 Å². The van der Waals surface area contributed by atoms with Crippen molar-refractivity contribution in [1.29, 1.82) is 0 Å². The molecule has 0 bridgehead atoms. The van der Waals surface area contributed by atoms with Crippen molar-refractivity contribution in [3.8, 4) is 11.5 Å². The number of urea groups is 1. The van der Waals surface area contributed by atoms with Crippen LogP contribution in [-0.2, 0) is 4.79 Å². The van der Waals surface area contributed by atoms with E-state index >= 15 is 0 Å². The Morgan fingerprint density at radius 1 is 1.48 bits per heavy atom. The number of phenols is 1. The van der Waals surface area contributed by atoms with Gasteiger partial charge < -0.3 is 15.2 Å². The van der Waals surface area contributed by atoms with E-state index in [0.29, 0.717) is 17.7 Å². The fourth-order valence-corrected chi connectivity index (χ4v) is 1.92. The van der Waals surface area contributed by atoms with Crippen LogP contribution in [0.5, 0.6) is 11.5 Å². The fraction of sp³-hybridized carbons (Fsp3) is 0.357. The number of ether oxygens (including phenoxy) is 1. The average molecular weight is 291 g/mol. The maximum Gasteiger partial charge on any atom is 0.346 e. The van der Waals surface area contributed by atoms with Crippen LogP contribution in [0.4, 0.5) is 4.79 Å². The monoisotopic (exact) mass is 291 g/mol. The number of aromatic hydroxyl groups is 1. The van der Waals surface area contributed by atoms with Crippen molar-refractivity contribution in [2.24, 2.45) is 5.10 Å². The summed E-state index contributed by atoms with van der Waals surface area (Å²) < 4.78 is 4.93. The van der Waals surface area contributed by atoms with Crippen molar-refractivity contribution < 1.29 is 19.4 Å². The quantitative estimate of drug-likeness (QED) is 0.649. The molecular weight excluding hydrogens is 274 g/mol. The number of carbonyl (C=O) groups is 2. The molecule has 1 unspecified atom stereocenters. The second-order valence-corrected chi connectivity index (χ2v) is 4.91. The lowest BCUT2D eigenvalue weighted by Crippen LogP contribution is -2.42. The van der Waals surface area contributed by atoms with E-state index in [2.05, 4.69) is 10.4 Å². The molecule has 7 heteroatoms. The molecule has 0 saturated carbocycles. The Balaban J connectivity index is 2.20. The van der Waals surface area contributed by atoms with Gasteiger partial charge in [0.1, 0.15) is 5.54 Å². The lowest BCUT2D eigenvalue weighted by atomic mass is 10.00. The fourth-order valence-electron chi connectivity index (χ4n) is 1.92. The van der Waals surface area contributed by atoms with Gasteiger partial charge in [-0.25, -0.2) is 4.79 Å². The summed E-state index contributed by atoms with van der Waals surface area (Å²) in [6.45, 7) is 3.47. The summed E-state index contributed by atoms with van der Waals surface area (Å²) in [5, 5.41) is 16.9. The first-order chi connectivity index (χ1) is 9.91. The molecule has 0 aromatic heterocycles. The maximum atomic E-state index is 12.1. The van der Waals surface area contributed by atoms with Gasteiger partial charge >= 0.3 is 6.03 Å². The molecule has 1 fully saturated rings. The smallest absolute Gasteiger partial charge is 0.346 e. The van der Waals surface area contributed by atoms with Crippen LogP contribution in [0.15, 0.2) is 23.3 Å². The molecule has 7 nitrogen and oxygen atoms in total. The normalized spacial score (nSPS) is 22.0. The van der Waals surface area contributed by atoms with Crippen LogP contribution < -0.4 is 10.1 Å². The highest BCUT2D eigenvalue weighted by atomic mass is 16.5. The standard InChI is InChI=1S/C14H17N3O4/c1-4-14(2)12(19)17(13(20)16-14)15-8-9-5-6-11(21-3)10(18)7-9/h5-8,18H,4H2,1-3H3,(H,16,20). The van der Waals surface area contributed by atoms with E-state index in [-0.39, 0.29) is 5.75 Å². The summed E-state index contributed by atoms with van der Waals surface area (Å²) in [6.07, 6.45) is 1.81. The summed E-state index contributed by atoms with van der Waals surface area (Å²) in [7, 11) is 1.45. The number of hydrazone groups is 1. The van der Waals surface area contributed by atoms with Crippen LogP contribution in [0.2, 0.25) is 0 Å². The van der Waals surface area contributed by atoms with Gasteiger partial charge in [-0.3, -0.25) is 4.79 Å². The lowest BCUT2D eigenvalue weighted by molar-refractivity contribution is -0.130. The first-order valence-corrected chi connectivity index (χ1v) is 6.49. The molecule has 21 heavy (non-hydrogen) atoms. The average Bonchev–Trinajstić information content (AvgIpc) is 2.68. The van der Waals surface area contributed by atoms with Crippen LogP contribution in [0, 0.1) is 0 Å². The minimum Gasteiger partial charge on any atom is -0.504 e. The summed E-state index contributed by atoms with van der Waals surface area (Å²) in [4.78, 5) is 23.9. The maximum absolute atomic E-state index is 12.1. The van der Waals surface area contributed by atoms with Crippen LogP contribution in [0.3, 0.4) is 0 Å². The van der Waals surface area contributed by atoms with Crippen molar-refractivity contribution in [3.63, 3.8) is 0 Å². The molecule has 3 amide bonds. The van der Waals surface area contributed by atoms with Crippen LogP contribution in [0.1, 0.15) is 25.8 Å². The number of nitrogens with one attached hydrogen (secondary N) is 1. The molecule has 2 N–H and O–H groups in total. The third-order valence-corrected chi connectivity index (χ3v) is 3.47. The van der Waals surface area contributed by atoms with Gasteiger partial charge in [-0.1, -0.05) is 6.92 Å². The highest BCUT2D eigenvalue weighted by molar-refractivity contribution is 6.07. The van der Waals surface area contributed by atoms with Gasteiger partial charge in [-0.2, -0.15) is 5.10 Å². The highest BCUT2D eigenvalue weighted by Crippen LogP contribution is 2.26. The Hall–Kier alpha value is -2.57. The topological polar surface area (TPSA) is 91.2 Å². The van der Waals surface area contributed by atoms with Crippen LogP contribution >= 0.6 is 0 Å². The van der Waals surface area contributed by atoms with Crippen molar-refractivity contribution in [2.45, 2.75) is 25.8 Å². The summed E-state index contributed by atoms with van der Waals surface area (Å²) in [5.41, 5.74) is -0.379. The van der Waals surface area contributed by atoms with Crippen LogP contribution in [0.25, 0.3) is 0 Å². The number of carbonyl (C=O) groups excluding carboxylic acids is 2. The number of hydrogen-bond acceptors (Lipinski definition) is 5. The number of benzene rings is 1. The number of nitrogens with zero attached hydrogens (tertiary/aromatic N) is 2. The largest absolute Gasteiger partial charge is 0.504 e. The molecule has 112 valence electrons. The Labute approximate surface area is 122 Å². The van der Waals surface area contributed by atoms with Gasteiger partial charge in [-0.05, 0) is 37.1 Å². The first-order valence-electron chi connectivity index (χ1n) is 6.49. The third-order valence-electron chi connectivity index (χ3n) is 3.47. The zero-order valence-electron chi connectivity index (χ0n) is 12.1. The molecule has 1 aromatic rings. The second-order valence-electron chi connectivity index (χ2n) is 4.91. The minimum absolute atomic E-state index is 0.0444. The predicted molar refractivity (Wildman–Crippen MR) is 76.3 cm³/mol. The van der Waals surface area contributed by atoms with Gasteiger partial charge in [0.05, 0.1) is 13.3 Å². The Morgan fingerprint density at radius 3 is 2.71 bits per heavy atom. The predicted octanol–water partition coefficient (Wildman–Crippen LogP) is 1.46. The van der Waals surface area contributed by atoms with Crippen molar-refractivity contribution in [1.82, 2.24) is 10.3 Å². The molecule has 0 aliphatic carbocycles. The van der Waals surface area contributed by atoms with E-state index in [1.54, 1.807) is 19.1 Å². The molecule has 1 atom stereocenters. The van der Waals surface area contributed by atoms with Crippen molar-refractivity contribution in [3.05, 3.63) is 23.8 Å². The summed E-state index contributed by atoms with van der Waals surface area (Å²) in [5.74, 6) is -0.110. The Morgan fingerprint density at radius 2 is 2.19 bits per heavy atom. The number of amides is 3. The number of rotatable bonds is 4. The molecule has 0 radical (unpaired) electrons. The molecule has 0 spiro atoms. The van der Waals surface area contributed by atoms with Gasteiger partial charge in [0, 0.05) is 0 Å². The van der Waals surface area contributed by atoms with E-state index < -0.39 is 17.5 Å². The highest BCUT2D eigenvalue weighted by Gasteiger charge is 2.46. The van der Waals surface area contributed by atoms with E-state index in [1.807, 2.05) is 6.92 Å². The number of imide groups is 1. The van der Waals surface area contributed by atoms with Gasteiger partial charge in [0.25, 0.3) is 5.91 Å². The molecule has 1 aliphatic heterocycles. The molecule has 1 saturated heterocycles. The summed E-state index contributed by atoms with van der Waals surface area (Å²) >= 11 is 0. The minimum atomic E-state index is -0.920. The number of methoxy groups -OCH3 is 1. The van der Waals surface area contributed by atoms with Crippen molar-refractivity contribution in [2.75, 3.05) is 7.11 Å². The van der Waals surface area contributed by atoms with Gasteiger partial charge in [0.2, 0.25) is 0 Å². The Bertz CT molecular complexity index is 614. The van der Waals surface area contributed by atoms with Gasteiger partial charge in [-0.15, -0.1) is 5.01 Å². The lowest BCUT2D eigenvalue weighted by Gasteiger charge is -2.17. The zero-order chi connectivity index (χ0) is 15.6. The first kappa shape index (κ1) is 14.8. The van der Waals surface area contributed by atoms with Crippen LogP contribution in [-0.4, -0.2) is 40.9 Å². The molecule has 2 rings (SSSR count). The van der Waals surface area contributed by atoms with E-state index in [0.717, 1.165) is 5.01 Å². The SMILES string of the molecule is CCC1(C)NC(=O)N(N=Cc2ccc(OC)c(O)c2)C1=O. The molecule has 1 aromatic carbocycles. The third kappa shape index (κ3) is 2.67. The number of hydrogen-bond donors (Lipinski definition) is 2. The van der Waals surface area contributed by atoms with E-state index in [9.17, 15) is 14.7 Å². The number of phenolic OH excluding ortho intramolecular Hbond substituents is 1. The summed E-state index contributed by atoms with van der Waals surface area (Å²) in [6, 6.07) is 4.09. The second kappa shape index (κ2) is 5.43.